The van der Waals surface area contributed by atoms with Crippen molar-refractivity contribution in [2.24, 2.45) is 28.6 Å². The van der Waals surface area contributed by atoms with Crippen LogP contribution in [0.5, 0.6) is 0 Å². The Morgan fingerprint density at radius 1 is 0.941 bits per heavy atom. The average Bonchev–Trinajstić information content (AvgIpc) is 3.33. The minimum absolute atomic E-state index is 0.0283. The van der Waals surface area contributed by atoms with Crippen LogP contribution in [0.3, 0.4) is 0 Å². The van der Waals surface area contributed by atoms with Crippen molar-refractivity contribution in [2.75, 3.05) is 27.2 Å². The molecule has 6 amide bonds. The largest absolute Gasteiger partial charge is 0.447 e. The Morgan fingerprint density at radius 2 is 1.55 bits per heavy atom. The van der Waals surface area contributed by atoms with Gasteiger partial charge < -0.3 is 35.8 Å². The van der Waals surface area contributed by atoms with Gasteiger partial charge >= 0.3 is 6.09 Å². The van der Waals surface area contributed by atoms with E-state index in [1.165, 1.54) is 9.80 Å². The van der Waals surface area contributed by atoms with Crippen molar-refractivity contribution in [1.29, 1.82) is 0 Å². The van der Waals surface area contributed by atoms with Crippen LogP contribution in [0, 0.1) is 28.6 Å². The molecule has 0 spiro atoms. The molecule has 2 fully saturated rings. The smallest absolute Gasteiger partial charge is 0.408 e. The van der Waals surface area contributed by atoms with E-state index in [1.807, 2.05) is 27.7 Å². The highest BCUT2D eigenvalue weighted by molar-refractivity contribution is 6.38. The zero-order chi connectivity index (χ0) is 38.6. The van der Waals surface area contributed by atoms with Crippen molar-refractivity contribution in [3.05, 3.63) is 35.9 Å². The molecule has 0 aromatic heterocycles. The third-order valence-corrected chi connectivity index (χ3v) is 9.58. The number of nitrogens with zero attached hydrogens (tertiary/aromatic N) is 2. The van der Waals surface area contributed by atoms with Gasteiger partial charge in [-0.15, -0.1) is 0 Å². The molecular formula is C37H56N6O8. The van der Waals surface area contributed by atoms with Gasteiger partial charge in [0, 0.05) is 20.6 Å². The van der Waals surface area contributed by atoms with E-state index in [0.29, 0.717) is 12.1 Å². The number of likely N-dealkylation sites (N-methyl/N-ethyl adjacent to an activating group) is 1. The van der Waals surface area contributed by atoms with Gasteiger partial charge in [0.1, 0.15) is 18.1 Å². The van der Waals surface area contributed by atoms with E-state index in [0.717, 1.165) is 0 Å². The second-order valence-corrected chi connectivity index (χ2v) is 16.2. The molecule has 1 saturated carbocycles. The summed E-state index contributed by atoms with van der Waals surface area (Å²) < 4.78 is 5.24. The Morgan fingerprint density at radius 3 is 2.08 bits per heavy atom. The molecule has 2 aliphatic rings. The summed E-state index contributed by atoms with van der Waals surface area (Å²) in [6.07, 6.45) is -1.02. The van der Waals surface area contributed by atoms with Crippen LogP contribution >= 0.6 is 0 Å². The van der Waals surface area contributed by atoms with Crippen LogP contribution in [-0.4, -0.2) is 103 Å². The molecule has 14 nitrogen and oxygen atoms in total. The molecule has 3 rings (SSSR count). The number of ether oxygens (including phenoxy) is 1. The van der Waals surface area contributed by atoms with Crippen LogP contribution in [0.25, 0.3) is 0 Å². The summed E-state index contributed by atoms with van der Waals surface area (Å²) in [6, 6.07) is 4.45. The predicted molar refractivity (Wildman–Crippen MR) is 190 cm³/mol. The molecule has 1 unspecified atom stereocenters. The van der Waals surface area contributed by atoms with Crippen molar-refractivity contribution in [3.63, 3.8) is 0 Å². The Balaban J connectivity index is 1.76. The van der Waals surface area contributed by atoms with Crippen LogP contribution in [0.15, 0.2) is 30.3 Å². The van der Waals surface area contributed by atoms with E-state index in [-0.39, 0.29) is 35.5 Å². The fourth-order valence-electron chi connectivity index (χ4n) is 6.76. The minimum Gasteiger partial charge on any atom is -0.447 e. The Kier molecular flexibility index (Phi) is 13.0. The molecule has 0 bridgehead atoms. The molecule has 1 heterocycles. The monoisotopic (exact) mass is 712 g/mol. The summed E-state index contributed by atoms with van der Waals surface area (Å²) >= 11 is 0. The van der Waals surface area contributed by atoms with Crippen LogP contribution in [-0.2, 0) is 33.5 Å². The van der Waals surface area contributed by atoms with E-state index in [4.69, 9.17) is 4.74 Å². The lowest BCUT2D eigenvalue weighted by atomic mass is 9.85. The SMILES string of the molecule is CC(C)C[C@H](NC(=O)[C@@H]1C2[C@H](CN1C(=O)[C@@H](NC(=O)OC(C)C)C(C)(C)C)C2(C)C)C(=O)C(=O)NCC(=O)N[C@H](C(=O)N(C)C)c1ccccc1. The molecule has 6 atom stereocenters. The highest BCUT2D eigenvalue weighted by Crippen LogP contribution is 2.65. The number of hydrogen-bond acceptors (Lipinski definition) is 8. The number of alkyl carbamates (subject to hydrolysis) is 1. The first-order chi connectivity index (χ1) is 23.6. The lowest BCUT2D eigenvalue weighted by Gasteiger charge is -2.37. The molecule has 1 saturated heterocycles. The summed E-state index contributed by atoms with van der Waals surface area (Å²) in [5.74, 6) is -4.37. The van der Waals surface area contributed by atoms with Crippen LogP contribution < -0.4 is 21.3 Å². The Bertz CT molecular complexity index is 1490. The molecule has 1 aliphatic heterocycles. The topological polar surface area (TPSA) is 183 Å². The van der Waals surface area contributed by atoms with Gasteiger partial charge in [0.2, 0.25) is 29.4 Å². The van der Waals surface area contributed by atoms with Gasteiger partial charge in [0.25, 0.3) is 5.91 Å². The maximum Gasteiger partial charge on any atom is 0.408 e. The van der Waals surface area contributed by atoms with Crippen molar-refractivity contribution in [3.8, 4) is 0 Å². The number of carbonyl (C=O) groups excluding carboxylic acids is 7. The number of nitrogens with one attached hydrogen (secondary N) is 4. The number of amides is 6. The lowest BCUT2D eigenvalue weighted by Crippen LogP contribution is -2.60. The Hall–Kier alpha value is -4.49. The highest BCUT2D eigenvalue weighted by Gasteiger charge is 2.70. The number of carbonyl (C=O) groups is 7. The molecule has 51 heavy (non-hydrogen) atoms. The highest BCUT2D eigenvalue weighted by atomic mass is 16.6. The number of ketones is 1. The van der Waals surface area contributed by atoms with Gasteiger partial charge in [-0.1, -0.05) is 78.8 Å². The standard InChI is InChI=1S/C37H56N6O8/c1-20(2)17-24(29(45)32(47)38-18-25(44)40-27(33(48)42(10)11)22-15-13-12-14-16-22)39-31(46)28-26-23(37(26,8)9)19-43(28)34(49)30(36(5,6)7)41-35(50)51-21(3)4/h12-16,20-21,23-24,26-28,30H,17-19H2,1-11H3,(H,38,47)(H,39,46)(H,40,44)(H,41,50)/t23-,24-,26?,27-,28-,30+/m0/s1. The van der Waals surface area contributed by atoms with Crippen molar-refractivity contribution < 1.29 is 38.3 Å². The fraction of sp³-hybridized carbons (Fsp3) is 0.649. The summed E-state index contributed by atoms with van der Waals surface area (Å²) in [7, 11) is 3.12. The zero-order valence-electron chi connectivity index (χ0n) is 31.8. The maximum absolute atomic E-state index is 14.1. The number of Topliss-reactive ketones (excluding diaryl/α,β-unsaturated/α-hetero) is 1. The van der Waals surface area contributed by atoms with Gasteiger partial charge in [-0.05, 0) is 54.4 Å². The van der Waals surface area contributed by atoms with E-state index >= 15 is 0 Å². The molecule has 14 heteroatoms. The summed E-state index contributed by atoms with van der Waals surface area (Å²) in [4.78, 5) is 95.9. The van der Waals surface area contributed by atoms with E-state index < -0.39 is 77.7 Å². The van der Waals surface area contributed by atoms with Crippen molar-refractivity contribution in [1.82, 2.24) is 31.1 Å². The van der Waals surface area contributed by atoms with Crippen molar-refractivity contribution in [2.45, 2.75) is 99.0 Å². The number of piperidine rings is 1. The maximum atomic E-state index is 14.1. The van der Waals surface area contributed by atoms with Gasteiger partial charge in [-0.3, -0.25) is 28.8 Å². The summed E-state index contributed by atoms with van der Waals surface area (Å²) in [5.41, 5.74) is -0.418. The first kappa shape index (κ1) is 40.9. The zero-order valence-corrected chi connectivity index (χ0v) is 31.8. The van der Waals surface area contributed by atoms with Gasteiger partial charge in [-0.25, -0.2) is 4.79 Å². The minimum atomic E-state index is -1.23. The summed E-state index contributed by atoms with van der Waals surface area (Å²) in [6.45, 7) is 16.2. The van der Waals surface area contributed by atoms with Crippen molar-refractivity contribution >= 4 is 41.4 Å². The average molecular weight is 713 g/mol. The fourth-order valence-corrected chi connectivity index (χ4v) is 6.76. The van der Waals surface area contributed by atoms with Crippen LogP contribution in [0.2, 0.25) is 0 Å². The molecule has 1 aromatic carbocycles. The number of fused-ring (bicyclic) bond motifs is 1. The van der Waals surface area contributed by atoms with Crippen LogP contribution in [0.4, 0.5) is 4.79 Å². The third kappa shape index (κ3) is 10.1. The second-order valence-electron chi connectivity index (χ2n) is 16.2. The first-order valence-corrected chi connectivity index (χ1v) is 17.5. The normalized spacial score (nSPS) is 20.7. The third-order valence-electron chi connectivity index (χ3n) is 9.58. The second kappa shape index (κ2) is 16.2. The predicted octanol–water partition coefficient (Wildman–Crippen LogP) is 2.18. The number of hydrogen-bond donors (Lipinski definition) is 4. The van der Waals surface area contributed by atoms with E-state index in [9.17, 15) is 33.6 Å². The molecule has 4 N–H and O–H groups in total. The lowest BCUT2D eigenvalue weighted by molar-refractivity contribution is -0.145. The molecule has 1 aromatic rings. The molecule has 1 aliphatic carbocycles. The van der Waals surface area contributed by atoms with Gasteiger partial charge in [-0.2, -0.15) is 0 Å². The summed E-state index contributed by atoms with van der Waals surface area (Å²) in [5, 5.41) is 10.4. The number of benzene rings is 1. The van der Waals surface area contributed by atoms with Gasteiger partial charge in [0.05, 0.1) is 18.7 Å². The number of likely N-dealkylation sites (tertiary alicyclic amines) is 1. The number of rotatable bonds is 14. The van der Waals surface area contributed by atoms with E-state index in [2.05, 4.69) is 21.3 Å². The quantitative estimate of drug-likeness (QED) is 0.212. The van der Waals surface area contributed by atoms with Gasteiger partial charge in [0.15, 0.2) is 0 Å². The molecular weight excluding hydrogens is 656 g/mol. The molecule has 0 radical (unpaired) electrons. The van der Waals surface area contributed by atoms with Crippen LogP contribution in [0.1, 0.15) is 80.3 Å². The Labute approximate surface area is 301 Å². The first-order valence-electron chi connectivity index (χ1n) is 17.5. The van der Waals surface area contributed by atoms with E-state index in [1.54, 1.807) is 79.0 Å². The molecule has 282 valence electrons.